The van der Waals surface area contributed by atoms with E-state index in [-0.39, 0.29) is 47.9 Å². The Hall–Kier alpha value is -3.25. The summed E-state index contributed by atoms with van der Waals surface area (Å²) in [4.78, 5) is 17.1. The molecule has 49 heavy (non-hydrogen) atoms. The normalized spacial score (nSPS) is 13.8. The van der Waals surface area contributed by atoms with Crippen LogP contribution in [0.4, 0.5) is 5.00 Å². The Bertz CT molecular complexity index is 2030. The summed E-state index contributed by atoms with van der Waals surface area (Å²) >= 11 is 1.79. The van der Waals surface area contributed by atoms with Gasteiger partial charge in [-0.25, -0.2) is 0 Å². The monoisotopic (exact) mass is 856 g/mol. The number of carbonyl (C=O) groups is 1. The molecule has 5 aromatic rings. The van der Waals surface area contributed by atoms with Crippen molar-refractivity contribution in [3.8, 4) is 0 Å². The molecular formula is C42H51IrN2O3S-. The molecule has 0 saturated heterocycles. The van der Waals surface area contributed by atoms with Crippen LogP contribution in [0.1, 0.15) is 110 Å². The number of aliphatic hydroxyl groups excluding tert-OH is 1. The minimum Gasteiger partial charge on any atom is -0.512 e. The number of nitrogens with zero attached hydrogens (tertiary/aromatic N) is 1. The Kier molecular flexibility index (Phi) is 11.7. The number of ketones is 1. The second-order valence-electron chi connectivity index (χ2n) is 14.7. The van der Waals surface area contributed by atoms with Crippen LogP contribution in [0, 0.1) is 23.8 Å². The fourth-order valence-electron chi connectivity index (χ4n) is 6.31. The first-order valence-electron chi connectivity index (χ1n) is 17.4. The molecule has 263 valence electrons. The van der Waals surface area contributed by atoms with E-state index in [0.29, 0.717) is 6.67 Å². The smallest absolute Gasteiger partial charge is 0.164 e. The van der Waals surface area contributed by atoms with Gasteiger partial charge in [0.05, 0.1) is 5.00 Å². The maximum Gasteiger partial charge on any atom is 0.164 e. The van der Waals surface area contributed by atoms with Crippen molar-refractivity contribution in [3.05, 3.63) is 88.9 Å². The SMILES string of the molecule is CCC(C)(CC)C(=O)/C=C(\O)C(C)(CC)CC.Cc1cc2c(ccc3c4c(sc32)NCN=C4c2[c-]c3ccccc3c(C(C)(C)C)c2)o1.[Ir]. The Balaban J connectivity index is 0.000000260. The number of anilines is 1. The van der Waals surface area contributed by atoms with Crippen molar-refractivity contribution in [1.29, 1.82) is 0 Å². The number of hydrogen-bond donors (Lipinski definition) is 2. The van der Waals surface area contributed by atoms with E-state index in [1.54, 1.807) is 11.3 Å². The molecule has 7 heteroatoms. The predicted molar refractivity (Wildman–Crippen MR) is 205 cm³/mol. The van der Waals surface area contributed by atoms with E-state index in [0.717, 1.165) is 53.7 Å². The first-order valence-corrected chi connectivity index (χ1v) is 18.2. The zero-order valence-corrected chi connectivity index (χ0v) is 33.9. The zero-order valence-electron chi connectivity index (χ0n) is 30.7. The summed E-state index contributed by atoms with van der Waals surface area (Å²) in [5.41, 5.74) is 4.95. The molecule has 6 rings (SSSR count). The molecule has 1 aliphatic heterocycles. The number of thiophene rings is 1. The van der Waals surface area contributed by atoms with Crippen LogP contribution in [-0.4, -0.2) is 23.3 Å². The molecule has 0 amide bonds. The number of nitrogens with one attached hydrogen (secondary N) is 1. The van der Waals surface area contributed by atoms with Gasteiger partial charge in [-0.15, -0.1) is 40.5 Å². The van der Waals surface area contributed by atoms with Gasteiger partial charge in [-0.05, 0) is 61.6 Å². The van der Waals surface area contributed by atoms with E-state index in [1.807, 2.05) is 48.5 Å². The maximum absolute atomic E-state index is 12.2. The summed E-state index contributed by atoms with van der Waals surface area (Å²) in [6, 6.07) is 20.9. The summed E-state index contributed by atoms with van der Waals surface area (Å²) in [5.74, 6) is 1.22. The van der Waals surface area contributed by atoms with Gasteiger partial charge in [-0.3, -0.25) is 4.79 Å². The number of carbonyl (C=O) groups excluding carboxylic acids is 1. The van der Waals surface area contributed by atoms with Crippen LogP contribution < -0.4 is 5.32 Å². The van der Waals surface area contributed by atoms with Crippen LogP contribution in [-0.2, 0) is 30.3 Å². The predicted octanol–water partition coefficient (Wildman–Crippen LogP) is 12.1. The van der Waals surface area contributed by atoms with Gasteiger partial charge in [-0.2, -0.15) is 0 Å². The molecule has 0 fully saturated rings. The number of furan rings is 1. The summed E-state index contributed by atoms with van der Waals surface area (Å²) in [6.07, 6.45) is 4.75. The standard InChI is InChI=1S/C27H23N2OS.C15H28O2.Ir/c1-15-11-20-22(30-15)10-9-19-23-24(28-14-29-26(23)31-25(19)20)17-12-16-7-5-6-8-18(16)21(13-17)27(2,3)4;1-7-14(5,8-2)12(16)11-13(17)15(6,9-3)10-4;/h5-11,13,29H,14H2,1-4H3;11,16H,7-10H2,1-6H3;/q-1;;/b;12-11-;. The Morgan fingerprint density at radius 1 is 0.939 bits per heavy atom. The second-order valence-corrected chi connectivity index (χ2v) is 15.7. The van der Waals surface area contributed by atoms with E-state index in [2.05, 4.69) is 80.7 Å². The van der Waals surface area contributed by atoms with Crippen LogP contribution in [0.3, 0.4) is 0 Å². The topological polar surface area (TPSA) is 74.8 Å². The summed E-state index contributed by atoms with van der Waals surface area (Å²) < 4.78 is 7.12. The van der Waals surface area contributed by atoms with Crippen LogP contribution in [0.5, 0.6) is 0 Å². The summed E-state index contributed by atoms with van der Waals surface area (Å²) in [7, 11) is 0. The number of aliphatic hydroxyl groups is 1. The average Bonchev–Trinajstić information content (AvgIpc) is 3.66. The van der Waals surface area contributed by atoms with Crippen molar-refractivity contribution < 1.29 is 34.4 Å². The number of fused-ring (bicyclic) bond motifs is 6. The molecule has 0 atom stereocenters. The van der Waals surface area contributed by atoms with Gasteiger partial charge in [0.15, 0.2) is 5.78 Å². The molecular weight excluding hydrogens is 805 g/mol. The maximum atomic E-state index is 12.2. The molecule has 0 unspecified atom stereocenters. The Morgan fingerprint density at radius 3 is 2.22 bits per heavy atom. The average molecular weight is 856 g/mol. The number of benzene rings is 3. The van der Waals surface area contributed by atoms with Gasteiger partial charge < -0.3 is 19.8 Å². The van der Waals surface area contributed by atoms with Crippen LogP contribution in [0.2, 0.25) is 0 Å². The first-order chi connectivity index (χ1) is 22.7. The molecule has 5 nitrogen and oxygen atoms in total. The number of aryl methyl sites for hydroxylation is 1. The molecule has 0 saturated carbocycles. The molecule has 3 heterocycles. The van der Waals surface area contributed by atoms with E-state index in [9.17, 15) is 9.90 Å². The molecule has 0 aliphatic carbocycles. The Labute approximate surface area is 309 Å². The van der Waals surface area contributed by atoms with Crippen molar-refractivity contribution in [2.75, 3.05) is 12.0 Å². The largest absolute Gasteiger partial charge is 0.512 e. The van der Waals surface area contributed by atoms with Gasteiger partial charge in [0.2, 0.25) is 0 Å². The fourth-order valence-corrected chi connectivity index (χ4v) is 7.51. The van der Waals surface area contributed by atoms with Crippen LogP contribution >= 0.6 is 11.3 Å². The molecule has 2 aromatic heterocycles. The van der Waals surface area contributed by atoms with Crippen molar-refractivity contribution in [3.63, 3.8) is 0 Å². The van der Waals surface area contributed by atoms with Crippen molar-refractivity contribution in [1.82, 2.24) is 0 Å². The van der Waals surface area contributed by atoms with Gasteiger partial charge in [0.1, 0.15) is 23.8 Å². The molecule has 1 radical (unpaired) electrons. The number of allylic oxidation sites excluding steroid dienone is 2. The van der Waals surface area contributed by atoms with Gasteiger partial charge in [0, 0.05) is 58.4 Å². The van der Waals surface area contributed by atoms with Crippen molar-refractivity contribution >= 4 is 59.7 Å². The number of aliphatic imine (C=N–C) groups is 1. The third-order valence-corrected chi connectivity index (χ3v) is 11.8. The third kappa shape index (κ3) is 7.45. The summed E-state index contributed by atoms with van der Waals surface area (Å²) in [5, 5.41) is 19.6. The van der Waals surface area contributed by atoms with Gasteiger partial charge >= 0.3 is 0 Å². The van der Waals surface area contributed by atoms with E-state index >= 15 is 0 Å². The van der Waals surface area contributed by atoms with Crippen molar-refractivity contribution in [2.24, 2.45) is 15.8 Å². The second kappa shape index (κ2) is 14.9. The van der Waals surface area contributed by atoms with E-state index in [1.165, 1.54) is 43.1 Å². The van der Waals surface area contributed by atoms with Gasteiger partial charge in [-0.1, -0.05) is 91.5 Å². The van der Waals surface area contributed by atoms with Crippen molar-refractivity contribution in [2.45, 2.75) is 100 Å². The molecule has 1 aliphatic rings. The molecule has 2 N–H and O–H groups in total. The zero-order chi connectivity index (χ0) is 35.0. The first kappa shape index (κ1) is 38.5. The van der Waals surface area contributed by atoms with E-state index < -0.39 is 0 Å². The molecule has 3 aromatic carbocycles. The molecule has 0 spiro atoms. The quantitative estimate of drug-likeness (QED) is 0.0926. The van der Waals surface area contributed by atoms with Crippen LogP contribution in [0.25, 0.3) is 31.8 Å². The number of rotatable bonds is 8. The minimum atomic E-state index is -0.337. The Morgan fingerprint density at radius 2 is 1.59 bits per heavy atom. The van der Waals surface area contributed by atoms with E-state index in [4.69, 9.17) is 9.41 Å². The molecule has 0 bridgehead atoms. The van der Waals surface area contributed by atoms with Crippen LogP contribution in [0.15, 0.2) is 69.8 Å². The fraction of sp³-hybridized carbons (Fsp3) is 0.429. The minimum absolute atomic E-state index is 0. The van der Waals surface area contributed by atoms with Gasteiger partial charge in [0.25, 0.3) is 0 Å². The third-order valence-electron chi connectivity index (χ3n) is 10.6. The number of hydrogen-bond acceptors (Lipinski definition) is 6. The summed E-state index contributed by atoms with van der Waals surface area (Å²) in [6.45, 7) is 21.5.